The molecule has 4 aliphatic rings. The van der Waals surface area contributed by atoms with E-state index in [1.807, 2.05) is 24.3 Å². The number of rotatable bonds is 2. The fourth-order valence-corrected chi connectivity index (χ4v) is 6.58. The monoisotopic (exact) mass is 509 g/mol. The van der Waals surface area contributed by atoms with Crippen molar-refractivity contribution in [3.63, 3.8) is 0 Å². The first-order valence-corrected chi connectivity index (χ1v) is 12.8. The quantitative estimate of drug-likeness (QED) is 0.518. The van der Waals surface area contributed by atoms with Gasteiger partial charge >= 0.3 is 16.4 Å². The second-order valence-corrected chi connectivity index (χ2v) is 10.4. The maximum atomic E-state index is 13.2. The lowest BCUT2D eigenvalue weighted by atomic mass is 9.72. The third-order valence-corrected chi connectivity index (χ3v) is 8.09. The van der Waals surface area contributed by atoms with E-state index in [9.17, 15) is 18.0 Å². The lowest BCUT2D eigenvalue weighted by molar-refractivity contribution is -0.0595. The first kappa shape index (κ1) is 21.6. The molecule has 1 saturated heterocycles. The van der Waals surface area contributed by atoms with Gasteiger partial charge in [-0.25, -0.2) is 13.2 Å². The summed E-state index contributed by atoms with van der Waals surface area (Å²) in [5.74, 6) is -0.524. The maximum Gasteiger partial charge on any atom is 0.400 e. The van der Waals surface area contributed by atoms with Crippen LogP contribution in [0.4, 0.5) is 0 Å². The van der Waals surface area contributed by atoms with Crippen LogP contribution >= 0.6 is 0 Å². The number of benzene rings is 3. The van der Waals surface area contributed by atoms with Crippen LogP contribution in [0, 0.1) is 0 Å². The molecule has 5 atom stereocenters. The predicted molar refractivity (Wildman–Crippen MR) is 123 cm³/mol. The summed E-state index contributed by atoms with van der Waals surface area (Å²) in [6, 6.07) is 15.3. The Morgan fingerprint density at radius 1 is 0.972 bits per heavy atom. The van der Waals surface area contributed by atoms with Crippen molar-refractivity contribution >= 4 is 33.0 Å². The molecule has 7 rings (SSSR count). The van der Waals surface area contributed by atoms with Crippen LogP contribution in [0.25, 0.3) is 10.8 Å². The van der Waals surface area contributed by atoms with Crippen molar-refractivity contribution in [2.45, 2.75) is 36.7 Å². The van der Waals surface area contributed by atoms with Gasteiger partial charge < -0.3 is 19.5 Å². The highest BCUT2D eigenvalue weighted by molar-refractivity contribution is 7.82. The number of esters is 1. The molecule has 0 unspecified atom stereocenters. The molecular formula is C25H19NO9S. The number of fused-ring (bicyclic) bond motifs is 6. The summed E-state index contributed by atoms with van der Waals surface area (Å²) in [7, 11) is -4.28. The molecule has 3 heterocycles. The highest BCUT2D eigenvalue weighted by Crippen LogP contribution is 2.47. The van der Waals surface area contributed by atoms with Crippen molar-refractivity contribution in [2.24, 2.45) is 0 Å². The Kier molecular flexibility index (Phi) is 4.60. The predicted octanol–water partition coefficient (Wildman–Crippen LogP) is 2.42. The molecule has 3 aliphatic heterocycles. The van der Waals surface area contributed by atoms with Gasteiger partial charge in [-0.3, -0.25) is 4.79 Å². The number of amides is 1. The molecule has 0 radical (unpaired) electrons. The van der Waals surface area contributed by atoms with Crippen molar-refractivity contribution in [3.8, 4) is 11.5 Å². The molecule has 0 aromatic heterocycles. The molecular weight excluding hydrogens is 490 g/mol. The van der Waals surface area contributed by atoms with Crippen LogP contribution in [0.2, 0.25) is 0 Å². The van der Waals surface area contributed by atoms with Gasteiger partial charge in [-0.1, -0.05) is 30.3 Å². The van der Waals surface area contributed by atoms with E-state index >= 15 is 0 Å². The highest BCUT2D eigenvalue weighted by Gasteiger charge is 2.57. The third-order valence-electron chi connectivity index (χ3n) is 7.15. The van der Waals surface area contributed by atoms with E-state index in [-0.39, 0.29) is 13.2 Å². The minimum Gasteiger partial charge on any atom is -0.454 e. The van der Waals surface area contributed by atoms with Gasteiger partial charge in [0.2, 0.25) is 6.79 Å². The van der Waals surface area contributed by atoms with Gasteiger partial charge in [-0.15, -0.1) is 0 Å². The average molecular weight is 509 g/mol. The minimum atomic E-state index is -4.28. The zero-order chi connectivity index (χ0) is 24.6. The Morgan fingerprint density at radius 3 is 2.58 bits per heavy atom. The van der Waals surface area contributed by atoms with E-state index in [1.54, 1.807) is 30.3 Å². The topological polar surface area (TPSA) is 126 Å². The Labute approximate surface area is 205 Å². The van der Waals surface area contributed by atoms with Gasteiger partial charge in [0, 0.05) is 11.5 Å². The number of nitrogens with one attached hydrogen (secondary N) is 1. The van der Waals surface area contributed by atoms with E-state index in [0.29, 0.717) is 28.2 Å². The van der Waals surface area contributed by atoms with Gasteiger partial charge in [0.1, 0.15) is 12.2 Å². The number of hydrogen-bond donors (Lipinski definition) is 1. The summed E-state index contributed by atoms with van der Waals surface area (Å²) < 4.78 is 51.6. The summed E-state index contributed by atoms with van der Waals surface area (Å²) in [4.78, 5) is 26.3. The van der Waals surface area contributed by atoms with Gasteiger partial charge in [0.05, 0.1) is 11.6 Å². The van der Waals surface area contributed by atoms with Crippen molar-refractivity contribution in [1.82, 2.24) is 5.32 Å². The zero-order valence-corrected chi connectivity index (χ0v) is 19.4. The summed E-state index contributed by atoms with van der Waals surface area (Å²) >= 11 is 0. The molecule has 1 saturated carbocycles. The van der Waals surface area contributed by atoms with E-state index in [1.165, 1.54) is 0 Å². The maximum absolute atomic E-state index is 13.2. The van der Waals surface area contributed by atoms with Crippen LogP contribution in [0.5, 0.6) is 11.5 Å². The van der Waals surface area contributed by atoms with Crippen molar-refractivity contribution in [1.29, 1.82) is 0 Å². The molecule has 3 aromatic rings. The van der Waals surface area contributed by atoms with E-state index in [4.69, 9.17) is 22.6 Å². The minimum absolute atomic E-state index is 0.0415. The van der Waals surface area contributed by atoms with Gasteiger partial charge in [-0.2, -0.15) is 8.42 Å². The Bertz CT molecular complexity index is 1550. The Balaban J connectivity index is 1.27. The van der Waals surface area contributed by atoms with Gasteiger partial charge in [0.25, 0.3) is 5.91 Å². The Hall–Kier alpha value is -3.67. The highest BCUT2D eigenvalue weighted by atomic mass is 32.3. The van der Waals surface area contributed by atoms with Crippen molar-refractivity contribution < 1.29 is 40.6 Å². The lowest BCUT2D eigenvalue weighted by Crippen LogP contribution is -2.61. The van der Waals surface area contributed by atoms with E-state index in [0.717, 1.165) is 10.8 Å². The summed E-state index contributed by atoms with van der Waals surface area (Å²) in [6.45, 7) is 0.0415. The van der Waals surface area contributed by atoms with Crippen LogP contribution in [-0.2, 0) is 23.5 Å². The van der Waals surface area contributed by atoms with Gasteiger partial charge in [-0.05, 0) is 47.0 Å². The number of carbonyl (C=O) groups is 2. The van der Waals surface area contributed by atoms with E-state index < -0.39 is 52.5 Å². The molecule has 0 spiro atoms. The standard InChI is InChI=1S/C25H19NO9S/c27-24-17-10-19-18(31-11-32-19)8-15(17)16-9-20-22(35-36(29,30)34-20)23(21(16)26-24)33-25(28)14-6-5-12-3-1-2-4-13(12)7-14/h1-8,10,16,20-23H,9,11H2,(H,26,27)/t16-,20+,21-,22+,23+/m1/s1. The molecule has 0 bridgehead atoms. The molecule has 10 nitrogen and oxygen atoms in total. The molecule has 11 heteroatoms. The van der Waals surface area contributed by atoms with Crippen LogP contribution < -0.4 is 14.8 Å². The van der Waals surface area contributed by atoms with Crippen LogP contribution in [-0.4, -0.2) is 51.4 Å². The third kappa shape index (κ3) is 3.34. The fraction of sp³-hybridized carbons (Fsp3) is 0.280. The van der Waals surface area contributed by atoms with E-state index in [2.05, 4.69) is 5.32 Å². The average Bonchev–Trinajstić information content (AvgIpc) is 3.45. The van der Waals surface area contributed by atoms with Gasteiger partial charge in [0.15, 0.2) is 17.6 Å². The SMILES string of the molecule is O=C(O[C@H]1[C@@H]2NC(=O)c3cc4c(cc3[C@H]2C[C@@H]2OS(=O)(=O)O[C@H]12)OCO4)c1ccc2ccccc2c1. The smallest absolute Gasteiger partial charge is 0.400 e. The fourth-order valence-electron chi connectivity index (χ4n) is 5.54. The number of hydrogen-bond acceptors (Lipinski definition) is 9. The molecule has 1 aliphatic carbocycles. The molecule has 3 aromatic carbocycles. The second kappa shape index (κ2) is 7.66. The number of carbonyl (C=O) groups excluding carboxylic acids is 2. The van der Waals surface area contributed by atoms with Crippen LogP contribution in [0.1, 0.15) is 38.6 Å². The summed E-state index contributed by atoms with van der Waals surface area (Å²) in [5, 5.41) is 4.71. The molecule has 36 heavy (non-hydrogen) atoms. The zero-order valence-electron chi connectivity index (χ0n) is 18.6. The Morgan fingerprint density at radius 2 is 1.75 bits per heavy atom. The number of ether oxygens (including phenoxy) is 3. The van der Waals surface area contributed by atoms with Crippen LogP contribution in [0.15, 0.2) is 54.6 Å². The van der Waals surface area contributed by atoms with Crippen molar-refractivity contribution in [2.75, 3.05) is 6.79 Å². The molecule has 1 N–H and O–H groups in total. The first-order valence-electron chi connectivity index (χ1n) is 11.4. The summed E-state index contributed by atoms with van der Waals surface area (Å²) in [5.41, 5.74) is 1.33. The van der Waals surface area contributed by atoms with Crippen LogP contribution in [0.3, 0.4) is 0 Å². The molecule has 1 amide bonds. The first-order chi connectivity index (χ1) is 17.4. The van der Waals surface area contributed by atoms with Crippen molar-refractivity contribution in [3.05, 3.63) is 71.3 Å². The second-order valence-electron chi connectivity index (χ2n) is 9.17. The normalized spacial score (nSPS) is 29.1. The molecule has 184 valence electrons. The largest absolute Gasteiger partial charge is 0.454 e. The lowest BCUT2D eigenvalue weighted by Gasteiger charge is -2.44. The molecule has 2 fully saturated rings. The summed E-state index contributed by atoms with van der Waals surface area (Å²) in [6.07, 6.45) is -2.88.